The van der Waals surface area contributed by atoms with Gasteiger partial charge in [0.2, 0.25) is 5.91 Å². The maximum Gasteiger partial charge on any atom is 0.235 e. The maximum absolute atomic E-state index is 13.0. The van der Waals surface area contributed by atoms with Crippen LogP contribution in [0.5, 0.6) is 0 Å². The number of aromatic nitrogens is 2. The van der Waals surface area contributed by atoms with Crippen LogP contribution in [0.2, 0.25) is 0 Å². The smallest absolute Gasteiger partial charge is 0.235 e. The van der Waals surface area contributed by atoms with Crippen LogP contribution >= 0.6 is 11.8 Å². The molecule has 0 spiro atoms. The first kappa shape index (κ1) is 22.0. The average molecular weight is 393 g/mol. The van der Waals surface area contributed by atoms with E-state index in [2.05, 4.69) is 50.6 Å². The molecule has 1 unspecified atom stereocenters. The normalized spacial score (nSPS) is 16.9. The molecule has 1 aromatic rings. The van der Waals surface area contributed by atoms with Gasteiger partial charge in [-0.2, -0.15) is 0 Å². The molecule has 1 aliphatic rings. The zero-order valence-electron chi connectivity index (χ0n) is 18.0. The van der Waals surface area contributed by atoms with Crippen molar-refractivity contribution >= 4 is 23.5 Å². The summed E-state index contributed by atoms with van der Waals surface area (Å²) in [6, 6.07) is 2.40. The van der Waals surface area contributed by atoms with E-state index in [1.165, 1.54) is 0 Å². The minimum absolute atomic E-state index is 0.0659. The summed E-state index contributed by atoms with van der Waals surface area (Å²) in [5, 5.41) is 0.0659. The Kier molecular flexibility index (Phi) is 7.95. The fraction of sp³-hybridized carbons (Fsp3) is 0.762. The number of aryl methyl sites for hydroxylation is 1. The molecular formula is C21H36N4OS. The van der Waals surface area contributed by atoms with Gasteiger partial charge in [-0.15, -0.1) is 11.8 Å². The summed E-state index contributed by atoms with van der Waals surface area (Å²) in [6.07, 6.45) is 1.98. The Hall–Kier alpha value is -1.30. The van der Waals surface area contributed by atoms with E-state index in [9.17, 15) is 4.79 Å². The Morgan fingerprint density at radius 3 is 2.41 bits per heavy atom. The molecule has 2 heterocycles. The highest BCUT2D eigenvalue weighted by molar-refractivity contribution is 8.00. The molecular weight excluding hydrogens is 356 g/mol. The molecule has 1 fully saturated rings. The number of carbonyl (C=O) groups excluding carboxylic acids is 1. The summed E-state index contributed by atoms with van der Waals surface area (Å²) in [5.41, 5.74) is 1.02. The molecule has 0 aliphatic carbocycles. The molecule has 2 rings (SSSR count). The number of thioether (sulfide) groups is 1. The third-order valence-electron chi connectivity index (χ3n) is 5.25. The van der Waals surface area contributed by atoms with Crippen LogP contribution in [0.25, 0.3) is 0 Å². The van der Waals surface area contributed by atoms with Crippen molar-refractivity contribution in [2.45, 2.75) is 71.6 Å². The van der Waals surface area contributed by atoms with Gasteiger partial charge in [0.1, 0.15) is 11.6 Å². The fourth-order valence-electron chi connectivity index (χ4n) is 3.59. The van der Waals surface area contributed by atoms with Gasteiger partial charge in [-0.1, -0.05) is 34.6 Å². The molecule has 5 nitrogen and oxygen atoms in total. The van der Waals surface area contributed by atoms with Crippen molar-refractivity contribution in [3.05, 3.63) is 17.6 Å². The molecule has 152 valence electrons. The Morgan fingerprint density at radius 1 is 1.26 bits per heavy atom. The summed E-state index contributed by atoms with van der Waals surface area (Å²) in [4.78, 5) is 26.6. The summed E-state index contributed by atoms with van der Waals surface area (Å²) in [6.45, 7) is 14.6. The number of nitrogens with zero attached hydrogens (tertiary/aromatic N) is 4. The van der Waals surface area contributed by atoms with Crippen molar-refractivity contribution in [1.29, 1.82) is 0 Å². The third-order valence-corrected chi connectivity index (χ3v) is 6.69. The van der Waals surface area contributed by atoms with Crippen molar-refractivity contribution in [1.82, 2.24) is 14.9 Å². The minimum Gasteiger partial charge on any atom is -0.356 e. The minimum atomic E-state index is 0.0659. The van der Waals surface area contributed by atoms with Crippen LogP contribution in [0.15, 0.2) is 6.07 Å². The van der Waals surface area contributed by atoms with E-state index >= 15 is 0 Å². The van der Waals surface area contributed by atoms with Gasteiger partial charge in [-0.05, 0) is 31.4 Å². The van der Waals surface area contributed by atoms with Crippen LogP contribution in [0.1, 0.15) is 64.9 Å². The van der Waals surface area contributed by atoms with Gasteiger partial charge in [-0.25, -0.2) is 9.97 Å². The molecule has 27 heavy (non-hydrogen) atoms. The molecule has 1 aromatic heterocycles. The highest BCUT2D eigenvalue weighted by Crippen LogP contribution is 2.26. The van der Waals surface area contributed by atoms with E-state index in [1.54, 1.807) is 11.8 Å². The Balaban J connectivity index is 2.01. The van der Waals surface area contributed by atoms with Crippen molar-refractivity contribution < 1.29 is 4.79 Å². The zero-order chi connectivity index (χ0) is 20.1. The highest BCUT2D eigenvalue weighted by Gasteiger charge is 2.31. The Labute approximate surface area is 169 Å². The molecule has 1 saturated heterocycles. The standard InChI is InChI=1S/C21H36N4OS/c1-8-27-19(14(2)3)21(26)24(7)17-9-11-25(12-10-17)18-13-16(6)22-20(23-18)15(4)5/h13-15,17,19H,8-12H2,1-7H3. The highest BCUT2D eigenvalue weighted by atomic mass is 32.2. The van der Waals surface area contributed by atoms with E-state index in [-0.39, 0.29) is 11.2 Å². The van der Waals surface area contributed by atoms with Gasteiger partial charge in [0.05, 0.1) is 5.25 Å². The lowest BCUT2D eigenvalue weighted by Crippen LogP contribution is -2.49. The molecule has 1 atom stereocenters. The number of amides is 1. The first-order valence-electron chi connectivity index (χ1n) is 10.2. The van der Waals surface area contributed by atoms with Gasteiger partial charge in [0, 0.05) is 43.9 Å². The quantitative estimate of drug-likeness (QED) is 0.699. The van der Waals surface area contributed by atoms with E-state index in [1.807, 2.05) is 18.9 Å². The summed E-state index contributed by atoms with van der Waals surface area (Å²) in [7, 11) is 1.99. The Morgan fingerprint density at radius 2 is 1.89 bits per heavy atom. The first-order valence-corrected chi connectivity index (χ1v) is 11.3. The maximum atomic E-state index is 13.0. The van der Waals surface area contributed by atoms with Crippen LogP contribution in [0.3, 0.4) is 0 Å². The third kappa shape index (κ3) is 5.59. The molecule has 0 saturated carbocycles. The van der Waals surface area contributed by atoms with Crippen LogP contribution in [0, 0.1) is 12.8 Å². The van der Waals surface area contributed by atoms with E-state index in [0.717, 1.165) is 49.0 Å². The summed E-state index contributed by atoms with van der Waals surface area (Å²) in [5.74, 6) is 3.90. The number of hydrogen-bond acceptors (Lipinski definition) is 5. The summed E-state index contributed by atoms with van der Waals surface area (Å²) < 4.78 is 0. The number of hydrogen-bond donors (Lipinski definition) is 0. The molecule has 0 radical (unpaired) electrons. The monoisotopic (exact) mass is 392 g/mol. The van der Waals surface area contributed by atoms with E-state index in [0.29, 0.717) is 17.9 Å². The van der Waals surface area contributed by atoms with Gasteiger partial charge in [0.25, 0.3) is 0 Å². The van der Waals surface area contributed by atoms with E-state index < -0.39 is 0 Å². The molecule has 1 aliphatic heterocycles. The summed E-state index contributed by atoms with van der Waals surface area (Å²) >= 11 is 1.77. The van der Waals surface area contributed by atoms with Crippen LogP contribution < -0.4 is 4.90 Å². The predicted molar refractivity (Wildman–Crippen MR) is 116 cm³/mol. The largest absolute Gasteiger partial charge is 0.356 e. The lowest BCUT2D eigenvalue weighted by atomic mass is 10.0. The van der Waals surface area contributed by atoms with Gasteiger partial charge in [0.15, 0.2) is 0 Å². The van der Waals surface area contributed by atoms with Crippen molar-refractivity contribution in [3.63, 3.8) is 0 Å². The second kappa shape index (κ2) is 9.76. The topological polar surface area (TPSA) is 49.3 Å². The number of carbonyl (C=O) groups is 1. The van der Waals surface area contributed by atoms with Crippen molar-refractivity contribution in [3.8, 4) is 0 Å². The first-order chi connectivity index (χ1) is 12.7. The molecule has 0 aromatic carbocycles. The van der Waals surface area contributed by atoms with Crippen LogP contribution in [-0.4, -0.2) is 58.0 Å². The van der Waals surface area contributed by atoms with Crippen LogP contribution in [-0.2, 0) is 4.79 Å². The van der Waals surface area contributed by atoms with Crippen molar-refractivity contribution in [2.24, 2.45) is 5.92 Å². The molecule has 1 amide bonds. The van der Waals surface area contributed by atoms with Gasteiger partial charge < -0.3 is 9.80 Å². The zero-order valence-corrected chi connectivity index (χ0v) is 18.8. The number of anilines is 1. The second-order valence-corrected chi connectivity index (χ2v) is 9.59. The lowest BCUT2D eigenvalue weighted by Gasteiger charge is -2.39. The molecule has 0 N–H and O–H groups in total. The van der Waals surface area contributed by atoms with Crippen LogP contribution in [0.4, 0.5) is 5.82 Å². The van der Waals surface area contributed by atoms with Gasteiger partial charge in [-0.3, -0.25) is 4.79 Å². The number of piperidine rings is 1. The molecule has 0 bridgehead atoms. The lowest BCUT2D eigenvalue weighted by molar-refractivity contribution is -0.132. The van der Waals surface area contributed by atoms with Crippen molar-refractivity contribution in [2.75, 3.05) is 30.8 Å². The second-order valence-electron chi connectivity index (χ2n) is 8.17. The Bertz CT molecular complexity index is 627. The van der Waals surface area contributed by atoms with Gasteiger partial charge >= 0.3 is 0 Å². The predicted octanol–water partition coefficient (Wildman–Crippen LogP) is 4.11. The van der Waals surface area contributed by atoms with E-state index in [4.69, 9.17) is 4.98 Å². The number of rotatable bonds is 7. The molecule has 6 heteroatoms. The SMILES string of the molecule is CCSC(C(=O)N(C)C1CCN(c2cc(C)nc(C(C)C)n2)CC1)C(C)C. The average Bonchev–Trinajstić information content (AvgIpc) is 2.64. The fourth-order valence-corrected chi connectivity index (χ4v) is 4.64.